The van der Waals surface area contributed by atoms with E-state index in [1.54, 1.807) is 0 Å². The average molecular weight is 232 g/mol. The quantitative estimate of drug-likeness (QED) is 0.741. The molecule has 0 amide bonds. The van der Waals surface area contributed by atoms with Gasteiger partial charge < -0.3 is 10.2 Å². The van der Waals surface area contributed by atoms with E-state index in [0.717, 1.165) is 11.1 Å². The zero-order chi connectivity index (χ0) is 12.3. The highest BCUT2D eigenvalue weighted by molar-refractivity contribution is 5.86. The lowest BCUT2D eigenvalue weighted by atomic mass is 10.1. The molecule has 0 unspecified atom stereocenters. The van der Waals surface area contributed by atoms with Crippen LogP contribution >= 0.6 is 0 Å². The van der Waals surface area contributed by atoms with Gasteiger partial charge in [-0.3, -0.25) is 5.10 Å². The molecule has 17 heavy (non-hydrogen) atoms. The second kappa shape index (κ2) is 4.80. The lowest BCUT2D eigenvalue weighted by Gasteiger charge is -2.00. The summed E-state index contributed by atoms with van der Waals surface area (Å²) in [6.45, 7) is 0.0877. The number of aromatic nitrogens is 2. The van der Waals surface area contributed by atoms with Crippen molar-refractivity contribution >= 4 is 5.97 Å². The maximum absolute atomic E-state index is 10.7. The maximum Gasteiger partial charge on any atom is 0.353 e. The van der Waals surface area contributed by atoms with E-state index in [4.69, 9.17) is 10.2 Å². The van der Waals surface area contributed by atoms with Crippen LogP contribution in [0, 0.1) is 0 Å². The molecular formula is C12H12N2O3. The number of hydrogen-bond donors (Lipinski definition) is 3. The molecule has 1 aromatic carbocycles. The van der Waals surface area contributed by atoms with E-state index >= 15 is 0 Å². The first-order chi connectivity index (χ1) is 8.20. The van der Waals surface area contributed by atoms with Gasteiger partial charge in [-0.25, -0.2) is 4.79 Å². The number of carboxylic acid groups (broad SMARTS) is 1. The number of aromatic carboxylic acids is 1. The van der Waals surface area contributed by atoms with Gasteiger partial charge in [0.25, 0.3) is 0 Å². The molecule has 0 fully saturated rings. The van der Waals surface area contributed by atoms with Crippen LogP contribution in [0.1, 0.15) is 16.1 Å². The van der Waals surface area contributed by atoms with Gasteiger partial charge in [0.15, 0.2) is 0 Å². The monoisotopic (exact) mass is 232 g/mol. The summed E-state index contributed by atoms with van der Waals surface area (Å²) in [5.41, 5.74) is 2.47. The summed E-state index contributed by atoms with van der Waals surface area (Å²) in [6, 6.07) is 8.99. The van der Waals surface area contributed by atoms with E-state index in [9.17, 15) is 4.79 Å². The maximum atomic E-state index is 10.7. The molecule has 5 nitrogen and oxygen atoms in total. The molecule has 0 atom stereocenters. The van der Waals surface area contributed by atoms with Gasteiger partial charge in [0.1, 0.15) is 5.69 Å². The van der Waals surface area contributed by atoms with Crippen molar-refractivity contribution in [2.45, 2.75) is 6.42 Å². The molecule has 2 aromatic rings. The van der Waals surface area contributed by atoms with Gasteiger partial charge in [0.2, 0.25) is 0 Å². The fraction of sp³-hybridized carbons (Fsp3) is 0.167. The lowest BCUT2D eigenvalue weighted by molar-refractivity contribution is 0.0690. The molecule has 5 heteroatoms. The van der Waals surface area contributed by atoms with E-state index < -0.39 is 5.97 Å². The van der Waals surface area contributed by atoms with Gasteiger partial charge in [0.05, 0.1) is 5.69 Å². The molecule has 2 rings (SSSR count). The minimum absolute atomic E-state index is 0.0626. The van der Waals surface area contributed by atoms with Gasteiger partial charge in [0, 0.05) is 12.2 Å². The largest absolute Gasteiger partial charge is 0.477 e. The third-order valence-corrected chi connectivity index (χ3v) is 2.43. The third kappa shape index (κ3) is 2.51. The molecular weight excluding hydrogens is 220 g/mol. The summed E-state index contributed by atoms with van der Waals surface area (Å²) in [6.07, 6.45) is 0.573. The van der Waals surface area contributed by atoms with E-state index in [1.807, 2.05) is 24.3 Å². The van der Waals surface area contributed by atoms with Crippen LogP contribution in [-0.2, 0) is 6.42 Å². The first-order valence-corrected chi connectivity index (χ1v) is 5.19. The first-order valence-electron chi connectivity index (χ1n) is 5.19. The van der Waals surface area contributed by atoms with Crippen LogP contribution in [-0.4, -0.2) is 33.0 Å². The standard InChI is InChI=1S/C12H12N2O3/c15-5-4-8-2-1-3-9(6-8)10-7-11(12(16)17)14-13-10/h1-3,6-7,15H,4-5H2,(H,13,14)(H,16,17). The number of nitrogens with zero attached hydrogens (tertiary/aromatic N) is 1. The molecule has 1 aromatic heterocycles. The van der Waals surface area contributed by atoms with Crippen molar-refractivity contribution in [2.24, 2.45) is 0 Å². The first kappa shape index (κ1) is 11.3. The average Bonchev–Trinajstić information content (AvgIpc) is 2.79. The van der Waals surface area contributed by atoms with Crippen LogP contribution < -0.4 is 0 Å². The number of hydrogen-bond acceptors (Lipinski definition) is 3. The number of carboxylic acids is 1. The second-order valence-electron chi connectivity index (χ2n) is 3.65. The highest BCUT2D eigenvalue weighted by Crippen LogP contribution is 2.19. The second-order valence-corrected chi connectivity index (χ2v) is 3.65. The van der Waals surface area contributed by atoms with E-state index in [1.165, 1.54) is 6.07 Å². The summed E-state index contributed by atoms with van der Waals surface area (Å²) < 4.78 is 0. The van der Waals surface area contributed by atoms with Gasteiger partial charge in [-0.05, 0) is 24.1 Å². The number of rotatable bonds is 4. The predicted molar refractivity (Wildman–Crippen MR) is 61.8 cm³/mol. The van der Waals surface area contributed by atoms with Gasteiger partial charge in [-0.1, -0.05) is 18.2 Å². The number of aliphatic hydroxyl groups excluding tert-OH is 1. The van der Waals surface area contributed by atoms with Crippen LogP contribution in [0.4, 0.5) is 0 Å². The number of aliphatic hydroxyl groups is 1. The number of H-pyrrole nitrogens is 1. The Balaban J connectivity index is 2.31. The Morgan fingerprint density at radius 2 is 2.18 bits per heavy atom. The van der Waals surface area contributed by atoms with Crippen molar-refractivity contribution in [3.8, 4) is 11.3 Å². The van der Waals surface area contributed by atoms with Crippen LogP contribution in [0.15, 0.2) is 30.3 Å². The van der Waals surface area contributed by atoms with E-state index in [0.29, 0.717) is 12.1 Å². The molecule has 88 valence electrons. The van der Waals surface area contributed by atoms with Crippen molar-refractivity contribution in [3.63, 3.8) is 0 Å². The summed E-state index contributed by atoms with van der Waals surface area (Å²) in [7, 11) is 0. The lowest BCUT2D eigenvalue weighted by Crippen LogP contribution is -1.95. The van der Waals surface area contributed by atoms with Crippen molar-refractivity contribution in [2.75, 3.05) is 6.61 Å². The molecule has 0 saturated heterocycles. The van der Waals surface area contributed by atoms with Crippen LogP contribution in [0.3, 0.4) is 0 Å². The predicted octanol–water partition coefficient (Wildman–Crippen LogP) is 1.31. The van der Waals surface area contributed by atoms with Gasteiger partial charge in [-0.2, -0.15) is 5.10 Å². The molecule has 1 heterocycles. The molecule has 0 radical (unpaired) electrons. The fourth-order valence-electron chi connectivity index (χ4n) is 1.59. The Morgan fingerprint density at radius 1 is 1.35 bits per heavy atom. The van der Waals surface area contributed by atoms with Gasteiger partial charge in [-0.15, -0.1) is 0 Å². The number of carbonyl (C=O) groups is 1. The normalized spacial score (nSPS) is 10.4. The zero-order valence-electron chi connectivity index (χ0n) is 9.05. The molecule has 0 aliphatic heterocycles. The van der Waals surface area contributed by atoms with E-state index in [-0.39, 0.29) is 12.3 Å². The molecule has 0 saturated carbocycles. The summed E-state index contributed by atoms with van der Waals surface area (Å²) in [5.74, 6) is -1.03. The zero-order valence-corrected chi connectivity index (χ0v) is 9.05. The van der Waals surface area contributed by atoms with E-state index in [2.05, 4.69) is 10.2 Å². The molecule has 0 spiro atoms. The number of benzene rings is 1. The fourth-order valence-corrected chi connectivity index (χ4v) is 1.59. The van der Waals surface area contributed by atoms with Crippen LogP contribution in [0.2, 0.25) is 0 Å². The van der Waals surface area contributed by atoms with Crippen molar-refractivity contribution in [1.29, 1.82) is 0 Å². The highest BCUT2D eigenvalue weighted by atomic mass is 16.4. The third-order valence-electron chi connectivity index (χ3n) is 2.43. The highest BCUT2D eigenvalue weighted by Gasteiger charge is 2.09. The molecule has 0 aliphatic rings. The minimum Gasteiger partial charge on any atom is -0.477 e. The minimum atomic E-state index is -1.03. The Hall–Kier alpha value is -2.14. The number of nitrogens with one attached hydrogen (secondary N) is 1. The molecule has 0 bridgehead atoms. The number of aromatic amines is 1. The SMILES string of the molecule is O=C(O)c1cc(-c2cccc(CCO)c2)n[nH]1. The Morgan fingerprint density at radius 3 is 2.82 bits per heavy atom. The molecule has 0 aliphatic carbocycles. The summed E-state index contributed by atoms with van der Waals surface area (Å²) in [4.78, 5) is 10.7. The Kier molecular flexibility index (Phi) is 3.20. The molecule has 3 N–H and O–H groups in total. The smallest absolute Gasteiger partial charge is 0.353 e. The summed E-state index contributed by atoms with van der Waals surface area (Å²) in [5, 5.41) is 24.0. The van der Waals surface area contributed by atoms with Crippen molar-refractivity contribution in [3.05, 3.63) is 41.6 Å². The topological polar surface area (TPSA) is 86.2 Å². The van der Waals surface area contributed by atoms with Crippen molar-refractivity contribution < 1.29 is 15.0 Å². The Labute approximate surface area is 97.7 Å². The summed E-state index contributed by atoms with van der Waals surface area (Å²) >= 11 is 0. The van der Waals surface area contributed by atoms with Crippen LogP contribution in [0.5, 0.6) is 0 Å². The van der Waals surface area contributed by atoms with Gasteiger partial charge >= 0.3 is 5.97 Å². The Bertz CT molecular complexity index is 534. The van der Waals surface area contributed by atoms with Crippen LogP contribution in [0.25, 0.3) is 11.3 Å². The van der Waals surface area contributed by atoms with Crippen molar-refractivity contribution in [1.82, 2.24) is 10.2 Å².